The lowest BCUT2D eigenvalue weighted by molar-refractivity contribution is 0.0549. The molecule has 0 aliphatic heterocycles. The van der Waals surface area contributed by atoms with E-state index < -0.39 is 5.97 Å². The monoisotopic (exact) mass is 234 g/mol. The molecule has 0 radical (unpaired) electrons. The topological polar surface area (TPSA) is 66.8 Å². The van der Waals surface area contributed by atoms with Gasteiger partial charge in [0.2, 0.25) is 0 Å². The van der Waals surface area contributed by atoms with Crippen molar-refractivity contribution in [2.45, 2.75) is 6.92 Å². The van der Waals surface area contributed by atoms with Gasteiger partial charge < -0.3 is 14.9 Å². The van der Waals surface area contributed by atoms with E-state index in [4.69, 9.17) is 9.84 Å². The zero-order chi connectivity index (χ0) is 12.7. The number of phenols is 2. The van der Waals surface area contributed by atoms with Gasteiger partial charge in [-0.2, -0.15) is 0 Å². The zero-order valence-corrected chi connectivity index (χ0v) is 9.46. The number of phenolic OH excluding ortho intramolecular Hbond substituents is 2. The van der Waals surface area contributed by atoms with E-state index in [-0.39, 0.29) is 23.7 Å². The Bertz CT molecular complexity index is 447. The minimum absolute atomic E-state index is 0.158. The van der Waals surface area contributed by atoms with Crippen molar-refractivity contribution in [3.8, 4) is 11.5 Å². The highest BCUT2D eigenvalue weighted by Gasteiger charge is 2.08. The standard InChI is InChI=1S/C13H14O4/c1-2-3-4-5-8-17-13(16)10-6-7-11(14)12(15)9-10/h2-7,9,14-15H,8H2,1H3. The summed E-state index contributed by atoms with van der Waals surface area (Å²) in [6, 6.07) is 3.78. The number of carbonyl (C=O) groups is 1. The Labute approximate surface area is 99.5 Å². The molecule has 1 aromatic carbocycles. The van der Waals surface area contributed by atoms with Crippen LogP contribution in [0.4, 0.5) is 0 Å². The summed E-state index contributed by atoms with van der Waals surface area (Å²) in [5.41, 5.74) is 0.194. The molecule has 0 aliphatic carbocycles. The molecule has 0 aromatic heterocycles. The molecule has 0 fully saturated rings. The van der Waals surface area contributed by atoms with Gasteiger partial charge in [0, 0.05) is 0 Å². The maximum absolute atomic E-state index is 11.5. The van der Waals surface area contributed by atoms with Crippen LogP contribution in [-0.2, 0) is 4.74 Å². The molecule has 0 saturated carbocycles. The van der Waals surface area contributed by atoms with Crippen LogP contribution in [0.3, 0.4) is 0 Å². The number of carbonyl (C=O) groups excluding carboxylic acids is 1. The molecule has 4 nitrogen and oxygen atoms in total. The van der Waals surface area contributed by atoms with E-state index in [2.05, 4.69) is 0 Å². The summed E-state index contributed by atoms with van der Waals surface area (Å²) in [5.74, 6) is -1.16. The summed E-state index contributed by atoms with van der Waals surface area (Å²) in [6.45, 7) is 2.04. The summed E-state index contributed by atoms with van der Waals surface area (Å²) in [6.07, 6.45) is 7.14. The number of benzene rings is 1. The van der Waals surface area contributed by atoms with E-state index in [1.165, 1.54) is 12.1 Å². The van der Waals surface area contributed by atoms with Gasteiger partial charge in [-0.15, -0.1) is 0 Å². The van der Waals surface area contributed by atoms with Crippen LogP contribution in [0.25, 0.3) is 0 Å². The van der Waals surface area contributed by atoms with E-state index in [1.54, 1.807) is 12.2 Å². The fraction of sp³-hybridized carbons (Fsp3) is 0.154. The lowest BCUT2D eigenvalue weighted by atomic mass is 10.2. The molecule has 0 bridgehead atoms. The summed E-state index contributed by atoms with van der Waals surface area (Å²) < 4.78 is 4.92. The molecule has 1 rings (SSSR count). The zero-order valence-electron chi connectivity index (χ0n) is 9.46. The Morgan fingerprint density at radius 2 is 2.06 bits per heavy atom. The Balaban J connectivity index is 2.55. The van der Waals surface area contributed by atoms with Gasteiger partial charge in [-0.1, -0.05) is 18.2 Å². The number of allylic oxidation sites excluding steroid dienone is 3. The number of aromatic hydroxyl groups is 2. The minimum atomic E-state index is -0.551. The van der Waals surface area contributed by atoms with Crippen molar-refractivity contribution in [1.29, 1.82) is 0 Å². The maximum atomic E-state index is 11.5. The van der Waals surface area contributed by atoms with E-state index >= 15 is 0 Å². The quantitative estimate of drug-likeness (QED) is 0.477. The molecule has 4 heteroatoms. The largest absolute Gasteiger partial charge is 0.504 e. The lowest BCUT2D eigenvalue weighted by Gasteiger charge is -2.03. The Hall–Kier alpha value is -2.23. The van der Waals surface area contributed by atoms with Crippen LogP contribution in [0.15, 0.2) is 42.5 Å². The van der Waals surface area contributed by atoms with Crippen LogP contribution in [-0.4, -0.2) is 22.8 Å². The molecular weight excluding hydrogens is 220 g/mol. The number of rotatable bonds is 4. The van der Waals surface area contributed by atoms with E-state index in [0.717, 1.165) is 6.07 Å². The molecule has 0 amide bonds. The molecule has 2 N–H and O–H groups in total. The third-order valence-corrected chi connectivity index (χ3v) is 1.96. The molecule has 1 aromatic rings. The minimum Gasteiger partial charge on any atom is -0.504 e. The van der Waals surface area contributed by atoms with E-state index in [0.29, 0.717) is 0 Å². The van der Waals surface area contributed by atoms with Crippen molar-refractivity contribution in [2.75, 3.05) is 6.61 Å². The van der Waals surface area contributed by atoms with Crippen LogP contribution in [0, 0.1) is 0 Å². The van der Waals surface area contributed by atoms with Gasteiger partial charge in [0.25, 0.3) is 0 Å². The summed E-state index contributed by atoms with van der Waals surface area (Å²) in [5, 5.41) is 18.3. The molecule has 0 spiro atoms. The Morgan fingerprint density at radius 1 is 1.29 bits per heavy atom. The van der Waals surface area contributed by atoms with E-state index in [1.807, 2.05) is 19.1 Å². The molecule has 90 valence electrons. The SMILES string of the molecule is CC=CC=CCOC(=O)c1ccc(O)c(O)c1. The van der Waals surface area contributed by atoms with Crippen molar-refractivity contribution < 1.29 is 19.7 Å². The predicted molar refractivity (Wildman–Crippen MR) is 64.0 cm³/mol. The lowest BCUT2D eigenvalue weighted by Crippen LogP contribution is -2.04. The average Bonchev–Trinajstić information content (AvgIpc) is 2.32. The van der Waals surface area contributed by atoms with Crippen molar-refractivity contribution >= 4 is 5.97 Å². The molecule has 17 heavy (non-hydrogen) atoms. The van der Waals surface area contributed by atoms with Gasteiger partial charge in [0.15, 0.2) is 11.5 Å². The first kappa shape index (κ1) is 12.8. The number of hydrogen-bond donors (Lipinski definition) is 2. The van der Waals surface area contributed by atoms with E-state index in [9.17, 15) is 9.90 Å². The van der Waals surface area contributed by atoms with Crippen molar-refractivity contribution in [3.05, 3.63) is 48.1 Å². The summed E-state index contributed by atoms with van der Waals surface area (Å²) in [7, 11) is 0. The molecule has 0 saturated heterocycles. The molecule has 0 unspecified atom stereocenters. The predicted octanol–water partition coefficient (Wildman–Crippen LogP) is 2.39. The second-order valence-corrected chi connectivity index (χ2v) is 3.26. The number of ether oxygens (including phenoxy) is 1. The number of hydrogen-bond acceptors (Lipinski definition) is 4. The van der Waals surface area contributed by atoms with Gasteiger partial charge in [0.05, 0.1) is 5.56 Å². The highest BCUT2D eigenvalue weighted by molar-refractivity contribution is 5.90. The Kier molecular flexibility index (Phi) is 4.81. The average molecular weight is 234 g/mol. The van der Waals surface area contributed by atoms with Crippen LogP contribution < -0.4 is 0 Å². The van der Waals surface area contributed by atoms with Crippen LogP contribution >= 0.6 is 0 Å². The summed E-state index contributed by atoms with van der Waals surface area (Å²) in [4.78, 5) is 11.5. The highest BCUT2D eigenvalue weighted by atomic mass is 16.5. The fourth-order valence-corrected chi connectivity index (χ4v) is 1.10. The van der Waals surface area contributed by atoms with Crippen molar-refractivity contribution in [2.24, 2.45) is 0 Å². The molecule has 0 aliphatic rings. The fourth-order valence-electron chi connectivity index (χ4n) is 1.10. The maximum Gasteiger partial charge on any atom is 0.338 e. The van der Waals surface area contributed by atoms with Gasteiger partial charge in [-0.05, 0) is 31.2 Å². The first-order chi connectivity index (χ1) is 8.15. The Morgan fingerprint density at radius 3 is 2.71 bits per heavy atom. The normalized spacial score (nSPS) is 11.1. The van der Waals surface area contributed by atoms with Crippen LogP contribution in [0.2, 0.25) is 0 Å². The highest BCUT2D eigenvalue weighted by Crippen LogP contribution is 2.25. The van der Waals surface area contributed by atoms with Gasteiger partial charge in [-0.3, -0.25) is 0 Å². The second kappa shape index (κ2) is 6.37. The van der Waals surface area contributed by atoms with Crippen LogP contribution in [0.5, 0.6) is 11.5 Å². The van der Waals surface area contributed by atoms with Gasteiger partial charge in [0.1, 0.15) is 6.61 Å². The van der Waals surface area contributed by atoms with Gasteiger partial charge >= 0.3 is 5.97 Å². The smallest absolute Gasteiger partial charge is 0.338 e. The first-order valence-electron chi connectivity index (χ1n) is 5.12. The molecular formula is C13H14O4. The molecule has 0 atom stereocenters. The third-order valence-electron chi connectivity index (χ3n) is 1.96. The van der Waals surface area contributed by atoms with Crippen molar-refractivity contribution in [3.63, 3.8) is 0 Å². The number of esters is 1. The third kappa shape index (κ3) is 4.03. The van der Waals surface area contributed by atoms with Crippen LogP contribution in [0.1, 0.15) is 17.3 Å². The van der Waals surface area contributed by atoms with Crippen molar-refractivity contribution in [1.82, 2.24) is 0 Å². The summed E-state index contributed by atoms with van der Waals surface area (Å²) >= 11 is 0. The first-order valence-corrected chi connectivity index (χ1v) is 5.12. The second-order valence-electron chi connectivity index (χ2n) is 3.26. The molecule has 0 heterocycles. The van der Waals surface area contributed by atoms with Gasteiger partial charge in [-0.25, -0.2) is 4.79 Å².